The van der Waals surface area contributed by atoms with Crippen molar-refractivity contribution in [1.29, 1.82) is 0 Å². The number of ether oxygens (including phenoxy) is 3. The Hall–Kier alpha value is -2.80. The summed E-state index contributed by atoms with van der Waals surface area (Å²) < 4.78 is 18.9. The van der Waals surface area contributed by atoms with Crippen LogP contribution in [-0.2, 0) is 33.8 Å². The van der Waals surface area contributed by atoms with Crippen molar-refractivity contribution in [1.82, 2.24) is 0 Å². The van der Waals surface area contributed by atoms with E-state index >= 15 is 0 Å². The first kappa shape index (κ1) is 28.2. The van der Waals surface area contributed by atoms with Crippen molar-refractivity contribution in [3.05, 3.63) is 129 Å². The van der Waals surface area contributed by atoms with E-state index in [9.17, 15) is 0 Å². The van der Waals surface area contributed by atoms with E-state index in [1.54, 1.807) is 12.2 Å². The third kappa shape index (κ3) is 8.90. The number of hydrogen-bond donors (Lipinski definition) is 2. The predicted molar refractivity (Wildman–Crippen MR) is 154 cm³/mol. The van der Waals surface area contributed by atoms with E-state index in [-0.39, 0.29) is 23.5 Å². The molecule has 1 fully saturated rings. The average molecular weight is 554 g/mol. The van der Waals surface area contributed by atoms with Crippen molar-refractivity contribution in [2.75, 3.05) is 6.61 Å². The van der Waals surface area contributed by atoms with Gasteiger partial charge >= 0.3 is 0 Å². The molecule has 3 unspecified atom stereocenters. The molecule has 0 amide bonds. The largest absolute Gasteiger partial charge is 0.402 e. The fourth-order valence-electron chi connectivity index (χ4n) is 4.50. The fourth-order valence-corrected chi connectivity index (χ4v) is 4.74. The van der Waals surface area contributed by atoms with Crippen molar-refractivity contribution >= 4 is 23.2 Å². The normalized spacial score (nSPS) is 20.4. The van der Waals surface area contributed by atoms with Crippen LogP contribution in [0.3, 0.4) is 0 Å². The van der Waals surface area contributed by atoms with Gasteiger partial charge in [0.2, 0.25) is 0 Å². The summed E-state index contributed by atoms with van der Waals surface area (Å²) in [5.74, 6) is 0. The van der Waals surface area contributed by atoms with Gasteiger partial charge < -0.3 is 25.7 Å². The lowest BCUT2D eigenvalue weighted by atomic mass is 9.94. The molecule has 4 N–H and O–H groups in total. The number of halogens is 2. The molecule has 0 saturated carbocycles. The van der Waals surface area contributed by atoms with Crippen LogP contribution < -0.4 is 11.5 Å². The molecule has 5 nitrogen and oxygen atoms in total. The first-order valence-corrected chi connectivity index (χ1v) is 13.5. The summed E-state index contributed by atoms with van der Waals surface area (Å²) in [4.78, 5) is 0. The second-order valence-electron chi connectivity index (χ2n) is 9.46. The van der Waals surface area contributed by atoms with E-state index in [1.807, 2.05) is 48.5 Å². The smallest absolute Gasteiger partial charge is 0.0992 e. The van der Waals surface area contributed by atoms with Gasteiger partial charge in [-0.2, -0.15) is 0 Å². The van der Waals surface area contributed by atoms with Crippen molar-refractivity contribution in [2.45, 2.75) is 50.8 Å². The highest BCUT2D eigenvalue weighted by atomic mass is 35.5. The van der Waals surface area contributed by atoms with Crippen LogP contribution >= 0.6 is 23.2 Å². The minimum Gasteiger partial charge on any atom is -0.402 e. The summed E-state index contributed by atoms with van der Waals surface area (Å²) in [7, 11) is 0. The highest BCUT2D eigenvalue weighted by Gasteiger charge is 2.31. The Labute approximate surface area is 235 Å². The van der Waals surface area contributed by atoms with Gasteiger partial charge in [0.05, 0.1) is 43.3 Å². The number of hydrogen-bond acceptors (Lipinski definition) is 5. The number of benzene rings is 3. The van der Waals surface area contributed by atoms with Crippen LogP contribution in [0.4, 0.5) is 0 Å². The molecule has 3 aromatic carbocycles. The Morgan fingerprint density at radius 3 is 2.26 bits per heavy atom. The lowest BCUT2D eigenvalue weighted by Gasteiger charge is -2.36. The molecule has 0 spiro atoms. The van der Waals surface area contributed by atoms with Crippen LogP contribution in [0.15, 0.2) is 102 Å². The molecule has 3 atom stereocenters. The first-order chi connectivity index (χ1) is 18.5. The lowest BCUT2D eigenvalue weighted by molar-refractivity contribution is -0.142. The zero-order valence-electron chi connectivity index (χ0n) is 21.3. The highest BCUT2D eigenvalue weighted by Crippen LogP contribution is 2.35. The minimum absolute atomic E-state index is 0.0280. The van der Waals surface area contributed by atoms with Gasteiger partial charge in [-0.1, -0.05) is 96.0 Å². The Morgan fingerprint density at radius 2 is 1.58 bits per heavy atom. The van der Waals surface area contributed by atoms with Crippen LogP contribution in [0.25, 0.3) is 0 Å². The minimum atomic E-state index is -0.158. The Kier molecular flexibility index (Phi) is 10.7. The molecular weight excluding hydrogens is 519 g/mol. The molecule has 0 aliphatic carbocycles. The molecule has 0 radical (unpaired) electrons. The van der Waals surface area contributed by atoms with Gasteiger partial charge in [0.1, 0.15) is 0 Å². The summed E-state index contributed by atoms with van der Waals surface area (Å²) in [6.45, 7) is 1.58. The number of allylic oxidation sites excluding steroid dienone is 3. The third-order valence-electron chi connectivity index (χ3n) is 6.40. The fraction of sp³-hybridized carbons (Fsp3) is 0.290. The van der Waals surface area contributed by atoms with Gasteiger partial charge in [-0.25, -0.2) is 0 Å². The molecular formula is C31H34Cl2N2O3. The Balaban J connectivity index is 1.46. The zero-order valence-corrected chi connectivity index (χ0v) is 22.8. The maximum Gasteiger partial charge on any atom is 0.0992 e. The van der Waals surface area contributed by atoms with Crippen LogP contribution in [-0.4, -0.2) is 18.8 Å². The van der Waals surface area contributed by atoms with E-state index in [2.05, 4.69) is 30.3 Å². The topological polar surface area (TPSA) is 79.7 Å². The van der Waals surface area contributed by atoms with Crippen LogP contribution in [0.1, 0.15) is 41.2 Å². The standard InChI is InChI=1S/C31H34Cl2N2O3/c32-29-13-11-24(15-25(29)16-26(34)12-14-31(33)35)30-18-27(37-20-23-9-5-2-6-10-23)17-28(38-30)21-36-19-22-7-3-1-4-8-22/h1-15,27-28,30H,16-21,34-35H2/b26-12-,31-14-. The molecule has 3 aromatic rings. The molecule has 1 aliphatic rings. The quantitative estimate of drug-likeness (QED) is 0.202. The molecule has 1 saturated heterocycles. The van der Waals surface area contributed by atoms with Crippen LogP contribution in [0.5, 0.6) is 0 Å². The van der Waals surface area contributed by atoms with Crippen LogP contribution in [0.2, 0.25) is 5.02 Å². The third-order valence-corrected chi connectivity index (χ3v) is 6.89. The van der Waals surface area contributed by atoms with E-state index in [0.29, 0.717) is 37.0 Å². The summed E-state index contributed by atoms with van der Waals surface area (Å²) >= 11 is 12.2. The zero-order chi connectivity index (χ0) is 26.7. The van der Waals surface area contributed by atoms with E-state index in [1.165, 1.54) is 0 Å². The van der Waals surface area contributed by atoms with Gasteiger partial charge in [0, 0.05) is 30.0 Å². The second-order valence-corrected chi connectivity index (χ2v) is 10.3. The van der Waals surface area contributed by atoms with E-state index < -0.39 is 0 Å². The molecule has 4 rings (SSSR count). The lowest BCUT2D eigenvalue weighted by Crippen LogP contribution is -2.35. The van der Waals surface area contributed by atoms with E-state index in [0.717, 1.165) is 35.1 Å². The van der Waals surface area contributed by atoms with Gasteiger partial charge in [0.25, 0.3) is 0 Å². The maximum absolute atomic E-state index is 6.53. The van der Waals surface area contributed by atoms with Crippen molar-refractivity contribution in [3.8, 4) is 0 Å². The average Bonchev–Trinajstić information content (AvgIpc) is 2.93. The van der Waals surface area contributed by atoms with Gasteiger partial charge in [0.15, 0.2) is 0 Å². The SMILES string of the molecule is N/C(=C\C=C(/N)Cl)Cc1cc(C2CC(OCc3ccccc3)CC(COCc3ccccc3)O2)ccc1Cl. The van der Waals surface area contributed by atoms with Gasteiger partial charge in [-0.15, -0.1) is 0 Å². The van der Waals surface area contributed by atoms with E-state index in [4.69, 9.17) is 48.9 Å². The maximum atomic E-state index is 6.53. The number of rotatable bonds is 11. The monoisotopic (exact) mass is 552 g/mol. The Bertz CT molecular complexity index is 1210. The van der Waals surface area contributed by atoms with Crippen molar-refractivity contribution < 1.29 is 14.2 Å². The molecule has 38 heavy (non-hydrogen) atoms. The second kappa shape index (κ2) is 14.4. The van der Waals surface area contributed by atoms with Crippen molar-refractivity contribution in [3.63, 3.8) is 0 Å². The summed E-state index contributed by atoms with van der Waals surface area (Å²) in [5.41, 5.74) is 16.5. The van der Waals surface area contributed by atoms with Crippen LogP contribution in [0, 0.1) is 0 Å². The summed E-state index contributed by atoms with van der Waals surface area (Å²) in [6, 6.07) is 26.3. The summed E-state index contributed by atoms with van der Waals surface area (Å²) in [5, 5.41) is 0.814. The number of nitrogens with two attached hydrogens (primary N) is 2. The molecule has 1 aliphatic heterocycles. The molecule has 0 aromatic heterocycles. The molecule has 1 heterocycles. The molecule has 0 bridgehead atoms. The Morgan fingerprint density at radius 1 is 0.895 bits per heavy atom. The predicted octanol–water partition coefficient (Wildman–Crippen LogP) is 6.79. The molecule has 7 heteroatoms. The highest BCUT2D eigenvalue weighted by molar-refractivity contribution is 6.31. The van der Waals surface area contributed by atoms with Crippen molar-refractivity contribution in [2.24, 2.45) is 11.5 Å². The van der Waals surface area contributed by atoms with Gasteiger partial charge in [-0.3, -0.25) is 0 Å². The van der Waals surface area contributed by atoms with Gasteiger partial charge in [-0.05, 0) is 40.5 Å². The first-order valence-electron chi connectivity index (χ1n) is 12.7. The summed E-state index contributed by atoms with van der Waals surface area (Å²) in [6.07, 6.45) is 5.00. The molecule has 200 valence electrons.